The average molecular weight is 332 g/mol. The van der Waals surface area contributed by atoms with Crippen LogP contribution in [-0.4, -0.2) is 25.5 Å². The van der Waals surface area contributed by atoms with Crippen LogP contribution < -0.4 is 10.5 Å². The van der Waals surface area contributed by atoms with E-state index in [2.05, 4.69) is 11.6 Å². The van der Waals surface area contributed by atoms with Crippen LogP contribution in [-0.2, 0) is 16.6 Å². The number of thioether (sulfide) groups is 1. The molecule has 3 N–H and O–H groups in total. The first-order valence-corrected chi connectivity index (χ1v) is 9.37. The van der Waals surface area contributed by atoms with Gasteiger partial charge in [0, 0.05) is 23.4 Å². The van der Waals surface area contributed by atoms with Gasteiger partial charge in [-0.3, -0.25) is 0 Å². The molecule has 7 heteroatoms. The van der Waals surface area contributed by atoms with Gasteiger partial charge >= 0.3 is 0 Å². The van der Waals surface area contributed by atoms with Crippen LogP contribution in [0, 0.1) is 12.7 Å². The standard InChI is InChI=1S/C14H21FN2O2S2/c1-10-12(15)6-11(8-16)7-13(10)21(18,19)17-9-14(2)4-3-5-20-14/h6-7,17H,3-5,8-9,16H2,1-2H3. The van der Waals surface area contributed by atoms with Gasteiger partial charge in [-0.1, -0.05) is 0 Å². The normalized spacial score (nSPS) is 22.7. The Bertz CT molecular complexity index is 626. The third-order valence-electron chi connectivity index (χ3n) is 3.82. The lowest BCUT2D eigenvalue weighted by Gasteiger charge is -2.23. The fourth-order valence-corrected chi connectivity index (χ4v) is 5.21. The number of benzene rings is 1. The van der Waals surface area contributed by atoms with E-state index >= 15 is 0 Å². The highest BCUT2D eigenvalue weighted by molar-refractivity contribution is 8.01. The lowest BCUT2D eigenvalue weighted by atomic mass is 10.1. The molecule has 0 amide bonds. The molecule has 1 saturated heterocycles. The number of hydrogen-bond donors (Lipinski definition) is 2. The van der Waals surface area contributed by atoms with Crippen molar-refractivity contribution in [3.8, 4) is 0 Å². The summed E-state index contributed by atoms with van der Waals surface area (Å²) in [4.78, 5) is -0.0189. The number of rotatable bonds is 5. The minimum Gasteiger partial charge on any atom is -0.326 e. The Morgan fingerprint density at radius 2 is 2.19 bits per heavy atom. The van der Waals surface area contributed by atoms with Gasteiger partial charge < -0.3 is 5.73 Å². The summed E-state index contributed by atoms with van der Waals surface area (Å²) in [5.74, 6) is 0.508. The largest absolute Gasteiger partial charge is 0.326 e. The average Bonchev–Trinajstić information content (AvgIpc) is 2.87. The van der Waals surface area contributed by atoms with Crippen molar-refractivity contribution in [2.24, 2.45) is 5.73 Å². The highest BCUT2D eigenvalue weighted by Crippen LogP contribution is 2.37. The van der Waals surface area contributed by atoms with Gasteiger partial charge in [-0.15, -0.1) is 0 Å². The number of hydrogen-bond acceptors (Lipinski definition) is 4. The highest BCUT2D eigenvalue weighted by Gasteiger charge is 2.31. The Morgan fingerprint density at radius 1 is 1.48 bits per heavy atom. The zero-order chi connectivity index (χ0) is 15.7. The summed E-state index contributed by atoms with van der Waals surface area (Å²) in [5, 5.41) is 0. The summed E-state index contributed by atoms with van der Waals surface area (Å²) < 4.78 is 41.3. The molecular formula is C14H21FN2O2S2. The molecule has 0 radical (unpaired) electrons. The second-order valence-electron chi connectivity index (χ2n) is 5.63. The Kier molecular flexibility index (Phi) is 4.97. The lowest BCUT2D eigenvalue weighted by molar-refractivity contribution is 0.549. The summed E-state index contributed by atoms with van der Waals surface area (Å²) >= 11 is 1.77. The molecule has 0 aromatic heterocycles. The van der Waals surface area contributed by atoms with Gasteiger partial charge in [0.25, 0.3) is 0 Å². The monoisotopic (exact) mass is 332 g/mol. The topological polar surface area (TPSA) is 72.2 Å². The van der Waals surface area contributed by atoms with Crippen molar-refractivity contribution in [2.75, 3.05) is 12.3 Å². The van der Waals surface area contributed by atoms with Crippen molar-refractivity contribution in [3.63, 3.8) is 0 Å². The van der Waals surface area contributed by atoms with Crippen molar-refractivity contribution in [1.82, 2.24) is 4.72 Å². The van der Waals surface area contributed by atoms with Crippen molar-refractivity contribution in [2.45, 2.75) is 42.9 Å². The molecule has 4 nitrogen and oxygen atoms in total. The number of sulfonamides is 1. The Labute approximate surface area is 129 Å². The van der Waals surface area contributed by atoms with Gasteiger partial charge in [-0.05, 0) is 50.1 Å². The molecule has 0 spiro atoms. The zero-order valence-electron chi connectivity index (χ0n) is 12.3. The molecule has 118 valence electrons. The third-order valence-corrected chi connectivity index (χ3v) is 6.88. The molecule has 0 aliphatic carbocycles. The maximum Gasteiger partial charge on any atom is 0.240 e. The van der Waals surface area contributed by atoms with Crippen LogP contribution in [0.1, 0.15) is 30.9 Å². The van der Waals surface area contributed by atoms with Crippen molar-refractivity contribution in [1.29, 1.82) is 0 Å². The highest BCUT2D eigenvalue weighted by atomic mass is 32.2. The quantitative estimate of drug-likeness (QED) is 0.867. The minimum absolute atomic E-state index is 0.0189. The van der Waals surface area contributed by atoms with Crippen molar-refractivity contribution >= 4 is 21.8 Å². The summed E-state index contributed by atoms with van der Waals surface area (Å²) in [6.07, 6.45) is 2.08. The van der Waals surface area contributed by atoms with Gasteiger partial charge in [0.2, 0.25) is 10.0 Å². The molecule has 1 atom stereocenters. The number of nitrogens with two attached hydrogens (primary N) is 1. The van der Waals surface area contributed by atoms with Gasteiger partial charge in [-0.25, -0.2) is 17.5 Å². The van der Waals surface area contributed by atoms with E-state index in [0.717, 1.165) is 18.6 Å². The molecule has 1 aliphatic heterocycles. The first-order valence-electron chi connectivity index (χ1n) is 6.90. The maximum atomic E-state index is 13.8. The Hall–Kier alpha value is -0.630. The predicted molar refractivity (Wildman–Crippen MR) is 84.3 cm³/mol. The smallest absolute Gasteiger partial charge is 0.240 e. The molecule has 0 saturated carbocycles. The van der Waals surface area contributed by atoms with Crippen LogP contribution in [0.15, 0.2) is 17.0 Å². The lowest BCUT2D eigenvalue weighted by Crippen LogP contribution is -2.37. The number of nitrogens with one attached hydrogen (secondary N) is 1. The molecule has 2 rings (SSSR count). The van der Waals surface area contributed by atoms with Crippen LogP contribution in [0.4, 0.5) is 4.39 Å². The predicted octanol–water partition coefficient (Wildman–Crippen LogP) is 2.16. The molecular weight excluding hydrogens is 311 g/mol. The molecule has 1 aromatic rings. The molecule has 1 aliphatic rings. The molecule has 1 aromatic carbocycles. The second kappa shape index (κ2) is 6.24. The van der Waals surface area contributed by atoms with E-state index in [1.54, 1.807) is 11.8 Å². The van der Waals surface area contributed by atoms with E-state index < -0.39 is 15.8 Å². The van der Waals surface area contributed by atoms with Crippen LogP contribution in [0.3, 0.4) is 0 Å². The van der Waals surface area contributed by atoms with Gasteiger partial charge in [0.05, 0.1) is 4.90 Å². The minimum atomic E-state index is -3.73. The summed E-state index contributed by atoms with van der Waals surface area (Å²) in [5.41, 5.74) is 6.09. The van der Waals surface area contributed by atoms with Crippen molar-refractivity contribution in [3.05, 3.63) is 29.1 Å². The first kappa shape index (κ1) is 16.7. The maximum absolute atomic E-state index is 13.8. The second-order valence-corrected chi connectivity index (χ2v) is 9.05. The summed E-state index contributed by atoms with van der Waals surface area (Å²) in [7, 11) is -3.73. The molecule has 1 fully saturated rings. The van der Waals surface area contributed by atoms with Gasteiger partial charge in [0.15, 0.2) is 0 Å². The van der Waals surface area contributed by atoms with Gasteiger partial charge in [-0.2, -0.15) is 11.8 Å². The van der Waals surface area contributed by atoms with Crippen LogP contribution >= 0.6 is 11.8 Å². The van der Waals surface area contributed by atoms with Crippen LogP contribution in [0.5, 0.6) is 0 Å². The molecule has 1 unspecified atom stereocenters. The fraction of sp³-hybridized carbons (Fsp3) is 0.571. The fourth-order valence-electron chi connectivity index (χ4n) is 2.41. The van der Waals surface area contributed by atoms with Gasteiger partial charge in [0.1, 0.15) is 5.82 Å². The Morgan fingerprint density at radius 3 is 2.76 bits per heavy atom. The SMILES string of the molecule is Cc1c(F)cc(CN)cc1S(=O)(=O)NCC1(C)CCCS1. The zero-order valence-corrected chi connectivity index (χ0v) is 13.9. The van der Waals surface area contributed by atoms with E-state index in [1.807, 2.05) is 0 Å². The Balaban J connectivity index is 2.25. The van der Waals surface area contributed by atoms with Crippen LogP contribution in [0.2, 0.25) is 0 Å². The van der Waals surface area contributed by atoms with E-state index in [0.29, 0.717) is 12.1 Å². The van der Waals surface area contributed by atoms with E-state index in [4.69, 9.17) is 5.73 Å². The number of halogens is 1. The van der Waals surface area contributed by atoms with E-state index in [1.165, 1.54) is 19.1 Å². The summed E-state index contributed by atoms with van der Waals surface area (Å²) in [6, 6.07) is 2.73. The van der Waals surface area contributed by atoms with Crippen molar-refractivity contribution < 1.29 is 12.8 Å². The summed E-state index contributed by atoms with van der Waals surface area (Å²) in [6.45, 7) is 3.98. The van der Waals surface area contributed by atoms with Crippen LogP contribution in [0.25, 0.3) is 0 Å². The third kappa shape index (κ3) is 3.77. The molecule has 0 bridgehead atoms. The molecule has 1 heterocycles. The molecule has 21 heavy (non-hydrogen) atoms. The first-order chi connectivity index (χ1) is 9.77. The van der Waals surface area contributed by atoms with E-state index in [-0.39, 0.29) is 21.8 Å². The van der Waals surface area contributed by atoms with E-state index in [9.17, 15) is 12.8 Å².